The zero-order chi connectivity index (χ0) is 27.9. The molecule has 6 rings (SSSR count). The number of aryl methyl sites for hydroxylation is 1. The van der Waals surface area contributed by atoms with Gasteiger partial charge >= 0.3 is 0 Å². The molecular formula is C29H33N5O5S. The molecule has 0 radical (unpaired) electrons. The van der Waals surface area contributed by atoms with Crippen LogP contribution in [0.25, 0.3) is 28.1 Å². The van der Waals surface area contributed by atoms with E-state index in [0.717, 1.165) is 46.6 Å². The third-order valence-electron chi connectivity index (χ3n) is 7.44. The van der Waals surface area contributed by atoms with Gasteiger partial charge in [0.25, 0.3) is 5.91 Å². The van der Waals surface area contributed by atoms with E-state index in [4.69, 9.17) is 24.0 Å². The van der Waals surface area contributed by atoms with Gasteiger partial charge in [-0.3, -0.25) is 9.48 Å². The molecule has 1 amide bonds. The average Bonchev–Trinajstić information content (AvgIpc) is 3.72. The van der Waals surface area contributed by atoms with E-state index in [-0.39, 0.29) is 12.5 Å². The van der Waals surface area contributed by atoms with Crippen molar-refractivity contribution in [2.24, 2.45) is 0 Å². The molecule has 11 heteroatoms. The van der Waals surface area contributed by atoms with E-state index in [2.05, 4.69) is 11.2 Å². The standard InChI is InChI=1S/C29H33N5O5S/c1-29(2)18-38-10-8-33(29)28(35)26-23-16-39-25-13-24(37-4)21(19-14-30-32(15-19)7-5-9-36-3)12-22(25)27(23)34(31-26)20-6-11-40-17-20/h6,11-15,17H,5,7-10,16,18H2,1-4H3. The van der Waals surface area contributed by atoms with Crippen molar-refractivity contribution in [2.45, 2.75) is 39.0 Å². The zero-order valence-electron chi connectivity index (χ0n) is 23.2. The molecule has 0 bridgehead atoms. The molecule has 40 heavy (non-hydrogen) atoms. The third-order valence-corrected chi connectivity index (χ3v) is 8.11. The molecule has 3 aromatic heterocycles. The van der Waals surface area contributed by atoms with Crippen LogP contribution in [0.4, 0.5) is 0 Å². The predicted octanol–water partition coefficient (Wildman–Crippen LogP) is 4.65. The van der Waals surface area contributed by atoms with E-state index in [9.17, 15) is 4.79 Å². The first-order chi connectivity index (χ1) is 19.4. The second-order valence-corrected chi connectivity index (χ2v) is 11.3. The lowest BCUT2D eigenvalue weighted by molar-refractivity contribution is -0.0374. The van der Waals surface area contributed by atoms with Crippen LogP contribution in [-0.2, 0) is 22.6 Å². The Hall–Kier alpha value is -3.67. The van der Waals surface area contributed by atoms with Gasteiger partial charge in [-0.2, -0.15) is 21.5 Å². The number of rotatable bonds is 8. The fourth-order valence-electron chi connectivity index (χ4n) is 5.37. The number of thiophene rings is 1. The Morgan fingerprint density at radius 3 is 2.85 bits per heavy atom. The number of carbonyl (C=O) groups is 1. The number of methoxy groups -OCH3 is 2. The Balaban J connectivity index is 1.47. The highest BCUT2D eigenvalue weighted by Gasteiger charge is 2.39. The molecule has 1 aromatic carbocycles. The lowest BCUT2D eigenvalue weighted by Gasteiger charge is -2.41. The Kier molecular flexibility index (Phi) is 7.11. The molecule has 0 N–H and O–H groups in total. The fraction of sp³-hybridized carbons (Fsp3) is 0.414. The number of fused-ring (bicyclic) bond motifs is 3. The van der Waals surface area contributed by atoms with Gasteiger partial charge in [-0.1, -0.05) is 0 Å². The molecule has 1 saturated heterocycles. The first-order valence-corrected chi connectivity index (χ1v) is 14.3. The van der Waals surface area contributed by atoms with Crippen LogP contribution in [0.5, 0.6) is 11.5 Å². The van der Waals surface area contributed by atoms with E-state index >= 15 is 0 Å². The van der Waals surface area contributed by atoms with Crippen LogP contribution < -0.4 is 9.47 Å². The van der Waals surface area contributed by atoms with E-state index in [1.807, 2.05) is 63.4 Å². The van der Waals surface area contributed by atoms with Gasteiger partial charge in [0.1, 0.15) is 18.1 Å². The molecule has 10 nitrogen and oxygen atoms in total. The highest BCUT2D eigenvalue weighted by molar-refractivity contribution is 7.08. The van der Waals surface area contributed by atoms with Crippen molar-refractivity contribution in [3.8, 4) is 39.6 Å². The lowest BCUT2D eigenvalue weighted by atomic mass is 9.96. The topological polar surface area (TPSA) is 92.9 Å². The van der Waals surface area contributed by atoms with Crippen molar-refractivity contribution < 1.29 is 23.7 Å². The van der Waals surface area contributed by atoms with Gasteiger partial charge in [-0.05, 0) is 37.8 Å². The van der Waals surface area contributed by atoms with Crippen LogP contribution in [0.3, 0.4) is 0 Å². The first-order valence-electron chi connectivity index (χ1n) is 13.3. The normalized spacial score (nSPS) is 15.8. The monoisotopic (exact) mass is 563 g/mol. The van der Waals surface area contributed by atoms with Crippen LogP contribution in [0.15, 0.2) is 41.4 Å². The van der Waals surface area contributed by atoms with E-state index in [1.165, 1.54) is 0 Å². The maximum atomic E-state index is 14.0. The van der Waals surface area contributed by atoms with Crippen LogP contribution >= 0.6 is 11.3 Å². The smallest absolute Gasteiger partial charge is 0.275 e. The van der Waals surface area contributed by atoms with Crippen molar-refractivity contribution in [2.75, 3.05) is 40.6 Å². The van der Waals surface area contributed by atoms with Crippen LogP contribution in [0, 0.1) is 0 Å². The highest BCUT2D eigenvalue weighted by Crippen LogP contribution is 2.46. The molecule has 210 valence electrons. The van der Waals surface area contributed by atoms with Gasteiger partial charge in [-0.15, -0.1) is 0 Å². The number of benzene rings is 1. The van der Waals surface area contributed by atoms with E-state index in [1.54, 1.807) is 25.6 Å². The summed E-state index contributed by atoms with van der Waals surface area (Å²) in [6.45, 7) is 7.20. The molecular weight excluding hydrogens is 530 g/mol. The molecule has 0 unspecified atom stereocenters. The van der Waals surface area contributed by atoms with Gasteiger partial charge < -0.3 is 23.8 Å². The number of morpholine rings is 1. The quantitative estimate of drug-likeness (QED) is 0.288. The van der Waals surface area contributed by atoms with Gasteiger partial charge in [-0.25, -0.2) is 4.68 Å². The maximum Gasteiger partial charge on any atom is 0.275 e. The average molecular weight is 564 g/mol. The molecule has 0 atom stereocenters. The van der Waals surface area contributed by atoms with Crippen LogP contribution in [0.1, 0.15) is 36.3 Å². The minimum atomic E-state index is -0.439. The fourth-order valence-corrected chi connectivity index (χ4v) is 5.98. The lowest BCUT2D eigenvalue weighted by Crippen LogP contribution is -2.55. The summed E-state index contributed by atoms with van der Waals surface area (Å²) in [4.78, 5) is 15.8. The second-order valence-electron chi connectivity index (χ2n) is 10.6. The molecule has 0 aliphatic carbocycles. The molecule has 2 aliphatic heterocycles. The Morgan fingerprint density at radius 2 is 2.10 bits per heavy atom. The van der Waals surface area contributed by atoms with Crippen molar-refractivity contribution in [3.05, 3.63) is 52.6 Å². The highest BCUT2D eigenvalue weighted by atomic mass is 32.1. The van der Waals surface area contributed by atoms with Gasteiger partial charge in [0.15, 0.2) is 5.69 Å². The summed E-state index contributed by atoms with van der Waals surface area (Å²) in [5.41, 5.74) is 5.16. The molecule has 2 aliphatic rings. The van der Waals surface area contributed by atoms with E-state index < -0.39 is 5.54 Å². The van der Waals surface area contributed by atoms with Crippen LogP contribution in [0.2, 0.25) is 0 Å². The number of nitrogens with zero attached hydrogens (tertiary/aromatic N) is 5. The predicted molar refractivity (Wildman–Crippen MR) is 151 cm³/mol. The number of aromatic nitrogens is 4. The van der Waals surface area contributed by atoms with Gasteiger partial charge in [0.05, 0.1) is 43.4 Å². The van der Waals surface area contributed by atoms with Gasteiger partial charge in [0, 0.05) is 66.7 Å². The van der Waals surface area contributed by atoms with Crippen LogP contribution in [-0.4, -0.2) is 76.5 Å². The summed E-state index contributed by atoms with van der Waals surface area (Å²) in [7, 11) is 3.35. The maximum absolute atomic E-state index is 14.0. The zero-order valence-corrected chi connectivity index (χ0v) is 24.0. The van der Waals surface area contributed by atoms with Crippen molar-refractivity contribution in [1.82, 2.24) is 24.5 Å². The molecule has 0 saturated carbocycles. The van der Waals surface area contributed by atoms with Gasteiger partial charge in [0.2, 0.25) is 0 Å². The van der Waals surface area contributed by atoms with E-state index in [0.29, 0.717) is 43.6 Å². The number of hydrogen-bond acceptors (Lipinski definition) is 8. The number of hydrogen-bond donors (Lipinski definition) is 0. The Labute approximate surface area is 237 Å². The summed E-state index contributed by atoms with van der Waals surface area (Å²) in [5, 5.41) is 13.5. The summed E-state index contributed by atoms with van der Waals surface area (Å²) in [6, 6.07) is 5.97. The summed E-state index contributed by atoms with van der Waals surface area (Å²) < 4.78 is 26.7. The minimum absolute atomic E-state index is 0.114. The number of amides is 1. The van der Waals surface area contributed by atoms with Crippen molar-refractivity contribution >= 4 is 17.2 Å². The molecule has 5 heterocycles. The largest absolute Gasteiger partial charge is 0.496 e. The molecule has 0 spiro atoms. The summed E-state index contributed by atoms with van der Waals surface area (Å²) in [6.07, 6.45) is 4.72. The third kappa shape index (κ3) is 4.67. The SMILES string of the molecule is COCCCn1cc(-c2cc3c(cc2OC)OCc2c(C(=O)N4CCOCC4(C)C)nn(-c4ccsc4)c2-3)cn1. The summed E-state index contributed by atoms with van der Waals surface area (Å²) in [5.74, 6) is 1.26. The number of ether oxygens (including phenoxy) is 4. The number of carbonyl (C=O) groups excluding carboxylic acids is 1. The Bertz CT molecular complexity index is 1520. The summed E-state index contributed by atoms with van der Waals surface area (Å²) >= 11 is 1.58. The van der Waals surface area contributed by atoms with Crippen molar-refractivity contribution in [1.29, 1.82) is 0 Å². The molecule has 4 aromatic rings. The van der Waals surface area contributed by atoms with Crippen molar-refractivity contribution in [3.63, 3.8) is 0 Å². The Morgan fingerprint density at radius 1 is 1.23 bits per heavy atom. The minimum Gasteiger partial charge on any atom is -0.496 e. The first kappa shape index (κ1) is 26.5. The second kappa shape index (κ2) is 10.7. The molecule has 1 fully saturated rings.